The minimum Gasteiger partial charge on any atom is -0.476 e. The highest BCUT2D eigenvalue weighted by atomic mass is 35.5. The Hall–Kier alpha value is -3.28. The van der Waals surface area contributed by atoms with Crippen LogP contribution in [-0.4, -0.2) is 12.5 Å². The number of carbonyl (C=O) groups excluding carboxylic acids is 1. The van der Waals surface area contributed by atoms with Crippen molar-refractivity contribution in [2.45, 2.75) is 33.6 Å². The molecule has 0 saturated carbocycles. The van der Waals surface area contributed by atoms with Gasteiger partial charge in [-0.15, -0.1) is 0 Å². The number of hydrogen-bond acceptors (Lipinski definition) is 4. The van der Waals surface area contributed by atoms with Crippen LogP contribution in [0.25, 0.3) is 22.3 Å². The van der Waals surface area contributed by atoms with Crippen molar-refractivity contribution in [3.63, 3.8) is 0 Å². The molecule has 5 nitrogen and oxygen atoms in total. The van der Waals surface area contributed by atoms with Crippen molar-refractivity contribution in [3.05, 3.63) is 91.6 Å². The molecule has 1 N–H and O–H groups in total. The molecule has 4 rings (SSSR count). The minimum absolute atomic E-state index is 0.0747. The Bertz CT molecular complexity index is 1440. The third-order valence-electron chi connectivity index (χ3n) is 5.79. The molecule has 35 heavy (non-hydrogen) atoms. The van der Waals surface area contributed by atoms with Crippen LogP contribution < -0.4 is 15.5 Å². The fraction of sp³-hybridized carbons (Fsp3) is 0.214. The average Bonchev–Trinajstić information content (AvgIpc) is 2.84. The molecule has 0 unspecified atom stereocenters. The second-order valence-electron chi connectivity index (χ2n) is 8.21. The van der Waals surface area contributed by atoms with Crippen molar-refractivity contribution in [2.24, 2.45) is 0 Å². The number of fused-ring (bicyclic) bond motifs is 1. The second-order valence-corrected chi connectivity index (χ2v) is 9.06. The summed E-state index contributed by atoms with van der Waals surface area (Å²) in [7, 11) is 0. The van der Waals surface area contributed by atoms with Crippen molar-refractivity contribution in [1.29, 1.82) is 0 Å². The van der Waals surface area contributed by atoms with Crippen LogP contribution in [-0.2, 0) is 17.6 Å². The molecule has 1 amide bonds. The van der Waals surface area contributed by atoms with Gasteiger partial charge in [0.25, 0.3) is 5.91 Å². The molecule has 0 saturated heterocycles. The number of benzene rings is 3. The predicted molar refractivity (Wildman–Crippen MR) is 142 cm³/mol. The SMILES string of the molecule is CCc1cccc(CC)c1NC(=O)COc1c(-c2ccc(C)cc2)oc2c(Cl)cc(Cl)cc2c1=O. The molecule has 7 heteroatoms. The van der Waals surface area contributed by atoms with Gasteiger partial charge in [-0.1, -0.05) is 85.1 Å². The molecule has 0 bridgehead atoms. The molecule has 0 atom stereocenters. The highest BCUT2D eigenvalue weighted by Crippen LogP contribution is 2.35. The summed E-state index contributed by atoms with van der Waals surface area (Å²) in [5.41, 5.74) is 4.28. The predicted octanol–water partition coefficient (Wildman–Crippen LogP) is 7.22. The maximum Gasteiger partial charge on any atom is 0.262 e. The number of hydrogen-bond donors (Lipinski definition) is 1. The lowest BCUT2D eigenvalue weighted by Gasteiger charge is -2.16. The Morgan fingerprint density at radius 3 is 2.29 bits per heavy atom. The molecule has 180 valence electrons. The second kappa shape index (κ2) is 10.5. The first-order chi connectivity index (χ1) is 16.8. The number of para-hydroxylation sites is 1. The molecule has 0 fully saturated rings. The van der Waals surface area contributed by atoms with Gasteiger partial charge in [0.05, 0.1) is 10.4 Å². The van der Waals surface area contributed by atoms with Gasteiger partial charge in [0, 0.05) is 16.3 Å². The molecule has 0 spiro atoms. The van der Waals surface area contributed by atoms with E-state index in [0.29, 0.717) is 10.6 Å². The van der Waals surface area contributed by atoms with Crippen molar-refractivity contribution in [1.82, 2.24) is 0 Å². The molecule has 1 heterocycles. The van der Waals surface area contributed by atoms with Gasteiger partial charge in [0.15, 0.2) is 18.0 Å². The smallest absolute Gasteiger partial charge is 0.262 e. The summed E-state index contributed by atoms with van der Waals surface area (Å²) in [5.74, 6) is -0.254. The van der Waals surface area contributed by atoms with Gasteiger partial charge in [0.1, 0.15) is 0 Å². The number of nitrogens with one attached hydrogen (secondary N) is 1. The maximum atomic E-state index is 13.4. The largest absolute Gasteiger partial charge is 0.476 e. The molecule has 0 aliphatic carbocycles. The lowest BCUT2D eigenvalue weighted by atomic mass is 10.0. The summed E-state index contributed by atoms with van der Waals surface area (Å²) in [6.07, 6.45) is 1.55. The van der Waals surface area contributed by atoms with Gasteiger partial charge in [-0.2, -0.15) is 0 Å². The number of amides is 1. The molecular weight excluding hydrogens is 485 g/mol. The Balaban J connectivity index is 1.73. The van der Waals surface area contributed by atoms with E-state index in [9.17, 15) is 9.59 Å². The van der Waals surface area contributed by atoms with Crippen LogP contribution in [0.15, 0.2) is 63.8 Å². The summed E-state index contributed by atoms with van der Waals surface area (Å²) < 4.78 is 11.9. The highest BCUT2D eigenvalue weighted by Gasteiger charge is 2.21. The van der Waals surface area contributed by atoms with E-state index in [0.717, 1.165) is 35.2 Å². The number of anilines is 1. The first-order valence-electron chi connectivity index (χ1n) is 11.4. The third-order valence-corrected chi connectivity index (χ3v) is 6.29. The van der Waals surface area contributed by atoms with Crippen molar-refractivity contribution in [3.8, 4) is 17.1 Å². The van der Waals surface area contributed by atoms with Gasteiger partial charge in [-0.05, 0) is 43.0 Å². The van der Waals surface area contributed by atoms with Crippen molar-refractivity contribution in [2.75, 3.05) is 11.9 Å². The van der Waals surface area contributed by atoms with E-state index < -0.39 is 5.43 Å². The Kier molecular flexibility index (Phi) is 7.48. The summed E-state index contributed by atoms with van der Waals surface area (Å²) in [4.78, 5) is 26.3. The van der Waals surface area contributed by atoms with Crippen LogP contribution in [0, 0.1) is 6.92 Å². The first-order valence-corrected chi connectivity index (χ1v) is 12.1. The van der Waals surface area contributed by atoms with E-state index in [1.54, 1.807) is 0 Å². The first kappa shape index (κ1) is 24.8. The quantitative estimate of drug-likeness (QED) is 0.285. The Morgan fingerprint density at radius 2 is 1.66 bits per heavy atom. The number of ether oxygens (including phenoxy) is 1. The van der Waals surface area contributed by atoms with Gasteiger partial charge in [-0.3, -0.25) is 9.59 Å². The number of carbonyl (C=O) groups is 1. The van der Waals surface area contributed by atoms with Crippen LogP contribution in [0.4, 0.5) is 5.69 Å². The van der Waals surface area contributed by atoms with E-state index in [4.69, 9.17) is 32.4 Å². The lowest BCUT2D eigenvalue weighted by Crippen LogP contribution is -2.24. The molecule has 3 aromatic carbocycles. The van der Waals surface area contributed by atoms with E-state index in [1.807, 2.05) is 63.2 Å². The monoisotopic (exact) mass is 509 g/mol. The molecule has 0 aliphatic rings. The zero-order chi connectivity index (χ0) is 25.1. The Morgan fingerprint density at radius 1 is 1.00 bits per heavy atom. The third kappa shape index (κ3) is 5.21. The van der Waals surface area contributed by atoms with E-state index in [2.05, 4.69) is 5.32 Å². The zero-order valence-corrected chi connectivity index (χ0v) is 21.2. The number of aryl methyl sites for hydroxylation is 3. The van der Waals surface area contributed by atoms with E-state index >= 15 is 0 Å². The van der Waals surface area contributed by atoms with Crippen molar-refractivity contribution < 1.29 is 13.9 Å². The van der Waals surface area contributed by atoms with Gasteiger partial charge in [-0.25, -0.2) is 0 Å². The van der Waals surface area contributed by atoms with E-state index in [-0.39, 0.29) is 40.0 Å². The zero-order valence-electron chi connectivity index (χ0n) is 19.7. The molecule has 4 aromatic rings. The topological polar surface area (TPSA) is 68.5 Å². The standard InChI is InChI=1S/C28H25Cl2NO4/c1-4-17-7-6-8-18(5-2)24(17)31-23(32)15-34-28-25(33)21-13-20(29)14-22(30)27(21)35-26(28)19-11-9-16(3)10-12-19/h6-14H,4-5,15H2,1-3H3,(H,31,32). The summed E-state index contributed by atoms with van der Waals surface area (Å²) in [6.45, 7) is 5.65. The summed E-state index contributed by atoms with van der Waals surface area (Å²) >= 11 is 12.5. The fourth-order valence-electron chi connectivity index (χ4n) is 3.95. The lowest BCUT2D eigenvalue weighted by molar-refractivity contribution is -0.118. The molecule has 1 aromatic heterocycles. The van der Waals surface area contributed by atoms with Gasteiger partial charge < -0.3 is 14.5 Å². The molecule has 0 aliphatic heterocycles. The summed E-state index contributed by atoms with van der Waals surface area (Å²) in [6, 6.07) is 16.4. The average molecular weight is 510 g/mol. The van der Waals surface area contributed by atoms with Crippen LogP contribution >= 0.6 is 23.2 Å². The van der Waals surface area contributed by atoms with Crippen LogP contribution in [0.2, 0.25) is 10.0 Å². The van der Waals surface area contributed by atoms with Gasteiger partial charge in [0.2, 0.25) is 11.2 Å². The van der Waals surface area contributed by atoms with Crippen LogP contribution in [0.1, 0.15) is 30.5 Å². The van der Waals surface area contributed by atoms with Crippen molar-refractivity contribution >= 4 is 45.8 Å². The fourth-order valence-corrected chi connectivity index (χ4v) is 4.48. The Labute approximate surface area is 213 Å². The van der Waals surface area contributed by atoms with Crippen LogP contribution in [0.3, 0.4) is 0 Å². The van der Waals surface area contributed by atoms with Gasteiger partial charge >= 0.3 is 0 Å². The highest BCUT2D eigenvalue weighted by molar-refractivity contribution is 6.38. The molecule has 0 radical (unpaired) electrons. The summed E-state index contributed by atoms with van der Waals surface area (Å²) in [5, 5.41) is 3.64. The van der Waals surface area contributed by atoms with Crippen LogP contribution in [0.5, 0.6) is 5.75 Å². The maximum absolute atomic E-state index is 13.4. The number of halogens is 2. The number of rotatable bonds is 7. The van der Waals surface area contributed by atoms with E-state index in [1.165, 1.54) is 12.1 Å². The minimum atomic E-state index is -0.456. The molecular formula is C28H25Cl2NO4. The normalized spacial score (nSPS) is 11.0.